The maximum Gasteiger partial charge on any atom is 0.165 e. The first-order valence-corrected chi connectivity index (χ1v) is 5.57. The summed E-state index contributed by atoms with van der Waals surface area (Å²) in [6, 6.07) is 1.24. The van der Waals surface area contributed by atoms with Gasteiger partial charge in [-0.1, -0.05) is 0 Å². The quantitative estimate of drug-likeness (QED) is 0.927. The number of aliphatic hydroxyl groups is 1. The fraction of sp³-hybridized carbons (Fsp3) is 0.455. The second kappa shape index (κ2) is 5.50. The van der Waals surface area contributed by atoms with E-state index in [1.165, 1.54) is 20.3 Å². The molecule has 1 N–H and O–H groups in total. The van der Waals surface area contributed by atoms with Crippen molar-refractivity contribution in [1.29, 1.82) is 0 Å². The van der Waals surface area contributed by atoms with E-state index in [-0.39, 0.29) is 6.42 Å². The van der Waals surface area contributed by atoms with E-state index in [0.717, 1.165) is 0 Å². The van der Waals surface area contributed by atoms with Crippen molar-refractivity contribution in [3.8, 4) is 11.5 Å². The number of halogens is 2. The second-order valence-electron chi connectivity index (χ2n) is 3.44. The Morgan fingerprint density at radius 3 is 2.50 bits per heavy atom. The molecule has 0 fully saturated rings. The van der Waals surface area contributed by atoms with Gasteiger partial charge >= 0.3 is 0 Å². The molecule has 0 radical (unpaired) electrons. The lowest BCUT2D eigenvalue weighted by Crippen LogP contribution is -2.08. The molecule has 1 unspecified atom stereocenters. The molecule has 0 aliphatic carbocycles. The number of hydrogen-bond donors (Lipinski definition) is 1. The Balaban J connectivity index is 3.34. The second-order valence-corrected chi connectivity index (χ2v) is 4.23. The average molecular weight is 293 g/mol. The first kappa shape index (κ1) is 13.3. The minimum absolute atomic E-state index is 0.290. The maximum atomic E-state index is 13.5. The fourth-order valence-corrected chi connectivity index (χ4v) is 1.95. The van der Waals surface area contributed by atoms with Crippen LogP contribution in [0, 0.1) is 5.82 Å². The molecule has 90 valence electrons. The molecule has 0 heterocycles. The summed E-state index contributed by atoms with van der Waals surface area (Å²) in [5.41, 5.74) is 0.564. The molecule has 0 aliphatic heterocycles. The van der Waals surface area contributed by atoms with Crippen LogP contribution in [0.15, 0.2) is 10.5 Å². The summed E-state index contributed by atoms with van der Waals surface area (Å²) in [4.78, 5) is 0. The molecule has 0 spiro atoms. The largest absolute Gasteiger partial charge is 0.493 e. The molecule has 0 saturated carbocycles. The Morgan fingerprint density at radius 2 is 2.06 bits per heavy atom. The van der Waals surface area contributed by atoms with Crippen LogP contribution in [-0.4, -0.2) is 25.4 Å². The molecule has 1 rings (SSSR count). The van der Waals surface area contributed by atoms with Gasteiger partial charge in [0.2, 0.25) is 0 Å². The summed E-state index contributed by atoms with van der Waals surface area (Å²) >= 11 is 3.14. The molecule has 16 heavy (non-hydrogen) atoms. The van der Waals surface area contributed by atoms with Crippen molar-refractivity contribution in [2.45, 2.75) is 19.4 Å². The van der Waals surface area contributed by atoms with E-state index in [0.29, 0.717) is 21.5 Å². The van der Waals surface area contributed by atoms with Crippen LogP contribution in [0.1, 0.15) is 12.5 Å². The summed E-state index contributed by atoms with van der Waals surface area (Å²) in [7, 11) is 2.92. The Labute approximate surface area is 102 Å². The minimum Gasteiger partial charge on any atom is -0.493 e. The van der Waals surface area contributed by atoms with Gasteiger partial charge in [-0.25, -0.2) is 4.39 Å². The van der Waals surface area contributed by atoms with Gasteiger partial charge in [0.25, 0.3) is 0 Å². The van der Waals surface area contributed by atoms with Crippen molar-refractivity contribution < 1.29 is 19.0 Å². The summed E-state index contributed by atoms with van der Waals surface area (Å²) in [5, 5.41) is 9.37. The van der Waals surface area contributed by atoms with E-state index in [9.17, 15) is 9.50 Å². The van der Waals surface area contributed by atoms with Gasteiger partial charge in [0.1, 0.15) is 5.82 Å². The van der Waals surface area contributed by atoms with Crippen LogP contribution in [0.2, 0.25) is 0 Å². The van der Waals surface area contributed by atoms with Gasteiger partial charge in [-0.05, 0) is 22.9 Å². The Bertz CT molecular complexity index is 380. The van der Waals surface area contributed by atoms with Gasteiger partial charge in [-0.3, -0.25) is 0 Å². The van der Waals surface area contributed by atoms with E-state index in [1.807, 2.05) is 0 Å². The zero-order valence-corrected chi connectivity index (χ0v) is 11.0. The van der Waals surface area contributed by atoms with Crippen molar-refractivity contribution in [3.05, 3.63) is 21.9 Å². The lowest BCUT2D eigenvalue weighted by molar-refractivity contribution is 0.193. The van der Waals surface area contributed by atoms with E-state index < -0.39 is 11.9 Å². The van der Waals surface area contributed by atoms with Crippen molar-refractivity contribution >= 4 is 15.9 Å². The molecule has 1 atom stereocenters. The van der Waals surface area contributed by atoms with Crippen LogP contribution >= 0.6 is 15.9 Å². The van der Waals surface area contributed by atoms with Crippen molar-refractivity contribution in [3.63, 3.8) is 0 Å². The van der Waals surface area contributed by atoms with Gasteiger partial charge in [-0.2, -0.15) is 0 Å². The fourth-order valence-electron chi connectivity index (χ4n) is 1.49. The summed E-state index contributed by atoms with van der Waals surface area (Å²) in [5.74, 6) is 0.323. The third-order valence-corrected chi connectivity index (χ3v) is 3.01. The molecule has 1 aromatic rings. The van der Waals surface area contributed by atoms with Crippen molar-refractivity contribution in [2.75, 3.05) is 14.2 Å². The third-order valence-electron chi connectivity index (χ3n) is 2.15. The Kier molecular flexibility index (Phi) is 4.56. The molecule has 0 aromatic heterocycles. The van der Waals surface area contributed by atoms with Crippen LogP contribution in [-0.2, 0) is 6.42 Å². The summed E-state index contributed by atoms with van der Waals surface area (Å²) < 4.78 is 24.0. The topological polar surface area (TPSA) is 38.7 Å². The number of hydrogen-bond acceptors (Lipinski definition) is 3. The van der Waals surface area contributed by atoms with Crippen molar-refractivity contribution in [1.82, 2.24) is 0 Å². The van der Waals surface area contributed by atoms with Gasteiger partial charge in [0, 0.05) is 18.1 Å². The van der Waals surface area contributed by atoms with Crippen LogP contribution in [0.25, 0.3) is 0 Å². The molecular weight excluding hydrogens is 279 g/mol. The van der Waals surface area contributed by atoms with E-state index >= 15 is 0 Å². The number of ether oxygens (including phenoxy) is 2. The first-order chi connectivity index (χ1) is 7.51. The normalized spacial score (nSPS) is 12.4. The highest BCUT2D eigenvalue weighted by atomic mass is 79.9. The van der Waals surface area contributed by atoms with Gasteiger partial charge in [0.05, 0.1) is 24.8 Å². The number of aliphatic hydroxyl groups excluding tert-OH is 1. The van der Waals surface area contributed by atoms with Crippen LogP contribution in [0.4, 0.5) is 4.39 Å². The third kappa shape index (κ3) is 2.65. The number of rotatable bonds is 4. The molecule has 5 heteroatoms. The molecule has 3 nitrogen and oxygen atoms in total. The zero-order chi connectivity index (χ0) is 12.3. The molecule has 0 bridgehead atoms. The van der Waals surface area contributed by atoms with Gasteiger partial charge < -0.3 is 14.6 Å². The highest BCUT2D eigenvalue weighted by Gasteiger charge is 2.19. The van der Waals surface area contributed by atoms with Gasteiger partial charge in [-0.15, -0.1) is 0 Å². The zero-order valence-electron chi connectivity index (χ0n) is 9.38. The van der Waals surface area contributed by atoms with E-state index in [4.69, 9.17) is 9.47 Å². The highest BCUT2D eigenvalue weighted by Crippen LogP contribution is 2.38. The highest BCUT2D eigenvalue weighted by molar-refractivity contribution is 9.10. The summed E-state index contributed by atoms with van der Waals surface area (Å²) in [6.07, 6.45) is -0.297. The SMILES string of the molecule is COc1cc(F)c(Br)c(CC(C)O)c1OC. The maximum absolute atomic E-state index is 13.5. The predicted molar refractivity (Wildman–Crippen MR) is 62.6 cm³/mol. The van der Waals surface area contributed by atoms with E-state index in [2.05, 4.69) is 15.9 Å². The van der Waals surface area contributed by atoms with Crippen LogP contribution in [0.5, 0.6) is 11.5 Å². The smallest absolute Gasteiger partial charge is 0.165 e. The van der Waals surface area contributed by atoms with Gasteiger partial charge in [0.15, 0.2) is 11.5 Å². The standard InChI is InChI=1S/C11H14BrFO3/c1-6(14)4-7-10(12)8(13)5-9(15-2)11(7)16-3/h5-6,14H,4H2,1-3H3. The Hall–Kier alpha value is -0.810. The molecule has 0 saturated heterocycles. The Morgan fingerprint density at radius 1 is 1.44 bits per heavy atom. The lowest BCUT2D eigenvalue weighted by Gasteiger charge is -2.16. The van der Waals surface area contributed by atoms with Crippen LogP contribution < -0.4 is 9.47 Å². The van der Waals surface area contributed by atoms with Crippen LogP contribution in [0.3, 0.4) is 0 Å². The summed E-state index contributed by atoms with van der Waals surface area (Å²) in [6.45, 7) is 1.63. The van der Waals surface area contributed by atoms with E-state index in [1.54, 1.807) is 6.92 Å². The number of benzene rings is 1. The molecule has 0 aliphatic rings. The monoisotopic (exact) mass is 292 g/mol. The minimum atomic E-state index is -0.586. The molecule has 0 amide bonds. The average Bonchev–Trinajstić information content (AvgIpc) is 2.23. The first-order valence-electron chi connectivity index (χ1n) is 4.78. The molecular formula is C11H14BrFO3. The lowest BCUT2D eigenvalue weighted by atomic mass is 10.1. The number of methoxy groups -OCH3 is 2. The molecule has 1 aromatic carbocycles. The predicted octanol–water partition coefficient (Wildman–Crippen LogP) is 2.53. The van der Waals surface area contributed by atoms with Crippen molar-refractivity contribution in [2.24, 2.45) is 0 Å².